The van der Waals surface area contributed by atoms with Gasteiger partial charge in [-0.25, -0.2) is 0 Å². The monoisotopic (exact) mass is 1030 g/mol. The Bertz CT molecular complexity index is 1350. The fourth-order valence-electron chi connectivity index (χ4n) is 8.17. The van der Waals surface area contributed by atoms with Gasteiger partial charge in [-0.05, 0) is 62.5 Å². The van der Waals surface area contributed by atoms with Gasteiger partial charge in [-0.2, -0.15) is 0 Å². The van der Waals surface area contributed by atoms with Crippen molar-refractivity contribution in [2.45, 2.75) is 245 Å². The molecule has 0 aliphatic rings. The third-order valence-electron chi connectivity index (χ3n) is 11.5. The number of hydrogen-bond acceptors (Lipinski definition) is 10. The molecule has 364 valence electrons. The van der Waals surface area contributed by atoms with Crippen molar-refractivity contribution in [2.24, 2.45) is 0 Å². The molecule has 10 nitrogen and oxygen atoms in total. The maximum absolute atomic E-state index is 11.8. The van der Waals surface area contributed by atoms with Crippen LogP contribution in [0, 0.1) is 0 Å². The molecular weight excluding hydrogens is 946 g/mol. The number of carboxylic acid groups (broad SMARTS) is 2. The smallest absolute Gasteiger partial charge is 0.550 e. The zero-order valence-electron chi connectivity index (χ0n) is 41.2. The average Bonchev–Trinajstić information content (AvgIpc) is 3.26. The van der Waals surface area contributed by atoms with Crippen molar-refractivity contribution >= 4 is 72.8 Å². The Morgan fingerprint density at radius 3 is 0.923 bits per heavy atom. The number of rotatable bonds is 40. The van der Waals surface area contributed by atoms with Crippen LogP contribution in [-0.2, 0) is 51.3 Å². The van der Waals surface area contributed by atoms with Crippen molar-refractivity contribution in [3.63, 3.8) is 0 Å². The first kappa shape index (κ1) is 62.8. The fourth-order valence-corrected chi connectivity index (χ4v) is 8.17. The van der Waals surface area contributed by atoms with E-state index in [9.17, 15) is 29.4 Å². The quantitative estimate of drug-likeness (QED) is 0.0273. The van der Waals surface area contributed by atoms with Gasteiger partial charge in [0.15, 0.2) is 0 Å². The molecular formula is C54H86BaO10. The maximum Gasteiger partial charge on any atom is 2.00 e. The molecule has 2 unspecified atom stereocenters. The van der Waals surface area contributed by atoms with E-state index in [1.807, 2.05) is 60.7 Å². The molecule has 2 atom stereocenters. The molecule has 0 fully saturated rings. The van der Waals surface area contributed by atoms with Gasteiger partial charge in [-0.1, -0.05) is 190 Å². The van der Waals surface area contributed by atoms with Crippen LogP contribution in [0.4, 0.5) is 0 Å². The van der Waals surface area contributed by atoms with Crippen LogP contribution >= 0.6 is 0 Å². The van der Waals surface area contributed by atoms with Gasteiger partial charge < -0.3 is 38.7 Å². The molecule has 0 saturated carbocycles. The molecule has 0 aliphatic carbocycles. The van der Waals surface area contributed by atoms with Crippen molar-refractivity contribution in [3.05, 3.63) is 71.8 Å². The molecule has 0 spiro atoms. The standard InChI is InChI=1S/2C27H44O5.Ba/c2*1-3-21-27(32-24(2)28,31-23-25-18-14-13-15-19-25)22-17-12-10-8-6-4-5-7-9-11-16-20-26(29)30;/h2*13-15,18-19H,3-12,16-17,20-23H2,1-2H3,(H,29,30);/q;;+2/p-2. The summed E-state index contributed by atoms with van der Waals surface area (Å²) in [4.78, 5) is 44.3. The summed E-state index contributed by atoms with van der Waals surface area (Å²) >= 11 is 0. The summed E-state index contributed by atoms with van der Waals surface area (Å²) < 4.78 is 23.8. The normalized spacial score (nSPS) is 12.7. The molecule has 65 heavy (non-hydrogen) atoms. The van der Waals surface area contributed by atoms with Crippen LogP contribution < -0.4 is 10.2 Å². The molecule has 0 aliphatic heterocycles. The van der Waals surface area contributed by atoms with Gasteiger partial charge in [0, 0.05) is 51.5 Å². The number of hydrogen-bond donors (Lipinski definition) is 0. The summed E-state index contributed by atoms with van der Waals surface area (Å²) in [5.74, 6) is -4.10. The van der Waals surface area contributed by atoms with Crippen molar-refractivity contribution in [3.8, 4) is 0 Å². The number of ether oxygens (including phenoxy) is 4. The van der Waals surface area contributed by atoms with Crippen molar-refractivity contribution in [1.82, 2.24) is 0 Å². The number of carbonyl (C=O) groups excluding carboxylic acids is 4. The minimum Gasteiger partial charge on any atom is -0.550 e. The molecule has 0 aromatic heterocycles. The molecule has 0 heterocycles. The molecule has 2 aromatic rings. The molecule has 2 aromatic carbocycles. The molecule has 0 bridgehead atoms. The van der Waals surface area contributed by atoms with Gasteiger partial charge in [0.1, 0.15) is 0 Å². The Labute approximate surface area is 434 Å². The predicted molar refractivity (Wildman–Crippen MR) is 257 cm³/mol. The van der Waals surface area contributed by atoms with E-state index in [1.54, 1.807) is 0 Å². The first-order valence-electron chi connectivity index (χ1n) is 25.1. The number of unbranched alkanes of at least 4 members (excludes halogenated alkanes) is 20. The summed E-state index contributed by atoms with van der Waals surface area (Å²) in [6.07, 6.45) is 29.6. The molecule has 0 N–H and O–H groups in total. The van der Waals surface area contributed by atoms with E-state index in [1.165, 1.54) is 90.9 Å². The van der Waals surface area contributed by atoms with Gasteiger partial charge in [0.25, 0.3) is 0 Å². The summed E-state index contributed by atoms with van der Waals surface area (Å²) in [7, 11) is 0. The summed E-state index contributed by atoms with van der Waals surface area (Å²) in [6.45, 7) is 7.99. The number of carboxylic acids is 2. The zero-order valence-corrected chi connectivity index (χ0v) is 45.6. The van der Waals surface area contributed by atoms with Crippen LogP contribution in [0.2, 0.25) is 0 Å². The Morgan fingerprint density at radius 1 is 0.415 bits per heavy atom. The van der Waals surface area contributed by atoms with Gasteiger partial charge in [-0.3, -0.25) is 9.59 Å². The number of carbonyl (C=O) groups is 4. The first-order valence-corrected chi connectivity index (χ1v) is 25.1. The number of benzene rings is 2. The SMILES string of the molecule is CCCC(CCCCCCCCCCCCCC(=O)[O-])(OCc1ccccc1)OC(C)=O.CCCC(CCCCCCCCCCCCCC(=O)[O-])(OCc1ccccc1)OC(C)=O.[Ba+2]. The Hall–Kier alpha value is -2.19. The van der Waals surface area contributed by atoms with E-state index in [0.29, 0.717) is 26.1 Å². The largest absolute Gasteiger partial charge is 2.00 e. The molecule has 0 radical (unpaired) electrons. The third kappa shape index (κ3) is 36.5. The van der Waals surface area contributed by atoms with E-state index < -0.39 is 23.5 Å². The molecule has 0 saturated heterocycles. The van der Waals surface area contributed by atoms with Crippen LogP contribution in [-0.4, -0.2) is 84.3 Å². The Balaban J connectivity index is 0.00000124. The van der Waals surface area contributed by atoms with Gasteiger partial charge >= 0.3 is 60.8 Å². The second-order valence-electron chi connectivity index (χ2n) is 17.6. The van der Waals surface area contributed by atoms with E-state index in [4.69, 9.17) is 18.9 Å². The fraction of sp³-hybridized carbons (Fsp3) is 0.704. The van der Waals surface area contributed by atoms with Crippen LogP contribution in [0.15, 0.2) is 60.7 Å². The second kappa shape index (κ2) is 42.0. The summed E-state index contributed by atoms with van der Waals surface area (Å²) in [6, 6.07) is 20.0. The van der Waals surface area contributed by atoms with E-state index in [2.05, 4.69) is 13.8 Å². The molecule has 2 rings (SSSR count). The first-order chi connectivity index (χ1) is 30.9. The van der Waals surface area contributed by atoms with Gasteiger partial charge in [0.2, 0.25) is 11.6 Å². The van der Waals surface area contributed by atoms with Crippen LogP contribution in [0.1, 0.15) is 231 Å². The maximum atomic E-state index is 11.8. The predicted octanol–water partition coefficient (Wildman–Crippen LogP) is 11.8. The average molecular weight is 1030 g/mol. The van der Waals surface area contributed by atoms with Gasteiger partial charge in [0.05, 0.1) is 13.2 Å². The minimum absolute atomic E-state index is 0. The third-order valence-corrected chi connectivity index (χ3v) is 11.5. The van der Waals surface area contributed by atoms with Crippen LogP contribution in [0.25, 0.3) is 0 Å². The van der Waals surface area contributed by atoms with Crippen molar-refractivity contribution < 1.29 is 48.3 Å². The number of esters is 2. The van der Waals surface area contributed by atoms with Crippen molar-refractivity contribution in [1.29, 1.82) is 0 Å². The van der Waals surface area contributed by atoms with E-state index >= 15 is 0 Å². The second-order valence-corrected chi connectivity index (χ2v) is 17.6. The Kier molecular flexibility index (Phi) is 40.5. The summed E-state index contributed by atoms with van der Waals surface area (Å²) in [5.41, 5.74) is 2.16. The molecule has 0 amide bonds. The zero-order chi connectivity index (χ0) is 47.0. The van der Waals surface area contributed by atoms with Crippen LogP contribution in [0.3, 0.4) is 0 Å². The van der Waals surface area contributed by atoms with Crippen molar-refractivity contribution in [2.75, 3.05) is 0 Å². The topological polar surface area (TPSA) is 151 Å². The van der Waals surface area contributed by atoms with Crippen LogP contribution in [0.5, 0.6) is 0 Å². The van der Waals surface area contributed by atoms with E-state index in [-0.39, 0.29) is 73.7 Å². The van der Waals surface area contributed by atoms with Gasteiger partial charge in [-0.15, -0.1) is 0 Å². The summed E-state index contributed by atoms with van der Waals surface area (Å²) in [5, 5.41) is 20.7. The molecule has 11 heteroatoms. The minimum atomic E-state index is -0.937. The number of aliphatic carboxylic acids is 2. The Morgan fingerprint density at radius 2 is 0.677 bits per heavy atom. The van der Waals surface area contributed by atoms with E-state index in [0.717, 1.165) is 101 Å².